The molecule has 0 atom stereocenters. The van der Waals surface area contributed by atoms with Crippen LogP contribution in [0.15, 0.2) is 36.4 Å². The maximum atomic E-state index is 10.8. The summed E-state index contributed by atoms with van der Waals surface area (Å²) in [5, 5.41) is 20.6. The predicted molar refractivity (Wildman–Crippen MR) is 75.3 cm³/mol. The van der Waals surface area contributed by atoms with Crippen molar-refractivity contribution in [2.24, 2.45) is 0 Å². The number of ether oxygens (including phenoxy) is 1. The zero-order valence-electron chi connectivity index (χ0n) is 10.7. The molecule has 0 saturated carbocycles. The first-order valence-corrected chi connectivity index (χ1v) is 6.21. The molecule has 0 bridgehead atoms. The first kappa shape index (κ1) is 14.3. The second-order valence-electron chi connectivity index (χ2n) is 4.22. The summed E-state index contributed by atoms with van der Waals surface area (Å²) in [7, 11) is 0. The summed E-state index contributed by atoms with van der Waals surface area (Å²) in [6.45, 7) is 1.42. The van der Waals surface area contributed by atoms with Crippen molar-refractivity contribution in [2.75, 3.05) is 0 Å². The van der Waals surface area contributed by atoms with Gasteiger partial charge in [-0.15, -0.1) is 0 Å². The van der Waals surface area contributed by atoms with E-state index in [2.05, 4.69) is 0 Å². The van der Waals surface area contributed by atoms with E-state index in [0.29, 0.717) is 16.5 Å². The fraction of sp³-hybridized carbons (Fsp3) is 0.143. The average molecular weight is 294 g/mol. The van der Waals surface area contributed by atoms with Crippen LogP contribution in [0.1, 0.15) is 11.1 Å². The molecule has 104 valence electrons. The number of aliphatic hydroxyl groups is 1. The summed E-state index contributed by atoms with van der Waals surface area (Å²) in [4.78, 5) is 10.2. The van der Waals surface area contributed by atoms with Crippen molar-refractivity contribution in [3.8, 4) is 11.5 Å². The summed E-state index contributed by atoms with van der Waals surface area (Å²) >= 11 is 5.86. The molecule has 0 aliphatic carbocycles. The minimum atomic E-state index is -0.539. The summed E-state index contributed by atoms with van der Waals surface area (Å²) in [6.07, 6.45) is 0. The Morgan fingerprint density at radius 3 is 2.65 bits per heavy atom. The lowest BCUT2D eigenvalue weighted by Crippen LogP contribution is -1.96. The molecular formula is C14H12ClNO4. The molecule has 5 nitrogen and oxygen atoms in total. The van der Waals surface area contributed by atoms with Crippen LogP contribution in [0.2, 0.25) is 5.02 Å². The van der Waals surface area contributed by atoms with Gasteiger partial charge in [-0.25, -0.2) is 0 Å². The Balaban J connectivity index is 2.32. The molecule has 0 aliphatic rings. The molecule has 0 fully saturated rings. The molecule has 1 N–H and O–H groups in total. The Labute approximate surface area is 120 Å². The Kier molecular flexibility index (Phi) is 4.22. The lowest BCUT2D eigenvalue weighted by molar-refractivity contribution is -0.385. The van der Waals surface area contributed by atoms with Gasteiger partial charge in [0.05, 0.1) is 17.1 Å². The van der Waals surface area contributed by atoms with Crippen molar-refractivity contribution in [3.63, 3.8) is 0 Å². The number of halogens is 1. The molecule has 0 radical (unpaired) electrons. The quantitative estimate of drug-likeness (QED) is 0.686. The zero-order chi connectivity index (χ0) is 14.7. The second kappa shape index (κ2) is 5.90. The molecule has 0 saturated heterocycles. The highest BCUT2D eigenvalue weighted by Crippen LogP contribution is 2.30. The minimum absolute atomic E-state index is 0.132. The fourth-order valence-corrected chi connectivity index (χ4v) is 2.01. The molecule has 0 spiro atoms. The number of nitro benzene ring substituents is 1. The Morgan fingerprint density at radius 2 is 2.05 bits per heavy atom. The van der Waals surface area contributed by atoms with E-state index in [-0.39, 0.29) is 11.3 Å². The van der Waals surface area contributed by atoms with Gasteiger partial charge in [0.15, 0.2) is 0 Å². The highest BCUT2D eigenvalue weighted by molar-refractivity contribution is 6.30. The fourth-order valence-electron chi connectivity index (χ4n) is 1.78. The molecule has 0 amide bonds. The van der Waals surface area contributed by atoms with E-state index in [1.54, 1.807) is 18.2 Å². The summed E-state index contributed by atoms with van der Waals surface area (Å²) in [5.74, 6) is 1.03. The van der Waals surface area contributed by atoms with Gasteiger partial charge in [-0.2, -0.15) is 0 Å². The van der Waals surface area contributed by atoms with Crippen LogP contribution < -0.4 is 4.74 Å². The third-order valence-electron chi connectivity index (χ3n) is 2.78. The van der Waals surface area contributed by atoms with Crippen molar-refractivity contribution in [1.82, 2.24) is 0 Å². The van der Waals surface area contributed by atoms with Crippen LogP contribution in [-0.4, -0.2) is 10.0 Å². The van der Waals surface area contributed by atoms with Gasteiger partial charge in [0.2, 0.25) is 0 Å². The van der Waals surface area contributed by atoms with Gasteiger partial charge in [-0.1, -0.05) is 11.6 Å². The lowest BCUT2D eigenvalue weighted by atomic mass is 10.2. The first-order valence-electron chi connectivity index (χ1n) is 5.83. The molecule has 2 rings (SSSR count). The largest absolute Gasteiger partial charge is 0.457 e. The van der Waals surface area contributed by atoms with Crippen molar-refractivity contribution in [3.05, 3.63) is 62.7 Å². The number of aryl methyl sites for hydroxylation is 1. The molecule has 0 aromatic heterocycles. The van der Waals surface area contributed by atoms with E-state index in [0.717, 1.165) is 5.56 Å². The third kappa shape index (κ3) is 3.07. The number of nitro groups is 1. The van der Waals surface area contributed by atoms with Gasteiger partial charge < -0.3 is 9.84 Å². The van der Waals surface area contributed by atoms with E-state index >= 15 is 0 Å². The molecule has 2 aromatic carbocycles. The van der Waals surface area contributed by atoms with Crippen LogP contribution in [0, 0.1) is 17.0 Å². The number of benzene rings is 2. The first-order chi connectivity index (χ1) is 9.51. The van der Waals surface area contributed by atoms with E-state index in [1.165, 1.54) is 18.2 Å². The van der Waals surface area contributed by atoms with Crippen molar-refractivity contribution >= 4 is 17.3 Å². The smallest absolute Gasteiger partial charge is 0.275 e. The molecular weight excluding hydrogens is 282 g/mol. The van der Waals surface area contributed by atoms with E-state index in [1.807, 2.05) is 6.92 Å². The summed E-state index contributed by atoms with van der Waals surface area (Å²) < 4.78 is 5.65. The predicted octanol–water partition coefficient (Wildman–Crippen LogP) is 3.84. The van der Waals surface area contributed by atoms with Gasteiger partial charge in [0, 0.05) is 11.1 Å². The Morgan fingerprint density at radius 1 is 1.30 bits per heavy atom. The molecule has 20 heavy (non-hydrogen) atoms. The Hall–Kier alpha value is -2.11. The van der Waals surface area contributed by atoms with Crippen LogP contribution in [0.25, 0.3) is 0 Å². The SMILES string of the molecule is Cc1cc(Cl)ccc1Oc1ccc([N+](=O)[O-])c(CO)c1. The number of nitrogens with zero attached hydrogens (tertiary/aromatic N) is 1. The lowest BCUT2D eigenvalue weighted by Gasteiger charge is -2.10. The maximum Gasteiger partial charge on any atom is 0.275 e. The van der Waals surface area contributed by atoms with Crippen LogP contribution in [0.3, 0.4) is 0 Å². The van der Waals surface area contributed by atoms with Gasteiger partial charge in [0.1, 0.15) is 11.5 Å². The molecule has 2 aromatic rings. The van der Waals surface area contributed by atoms with E-state index < -0.39 is 11.5 Å². The maximum absolute atomic E-state index is 10.8. The number of hydrogen-bond donors (Lipinski definition) is 1. The van der Waals surface area contributed by atoms with Crippen molar-refractivity contribution in [2.45, 2.75) is 13.5 Å². The average Bonchev–Trinajstić information content (AvgIpc) is 2.41. The second-order valence-corrected chi connectivity index (χ2v) is 4.65. The number of aliphatic hydroxyl groups excluding tert-OH is 1. The van der Waals surface area contributed by atoms with Crippen LogP contribution >= 0.6 is 11.6 Å². The normalized spacial score (nSPS) is 10.3. The van der Waals surface area contributed by atoms with Gasteiger partial charge in [0.25, 0.3) is 5.69 Å². The topological polar surface area (TPSA) is 72.6 Å². The van der Waals surface area contributed by atoms with Crippen molar-refractivity contribution < 1.29 is 14.8 Å². The standard InChI is InChI=1S/C14H12ClNO4/c1-9-6-11(15)2-5-14(9)20-12-3-4-13(16(18)19)10(7-12)8-17/h2-7,17H,8H2,1H3. The van der Waals surface area contributed by atoms with Gasteiger partial charge >= 0.3 is 0 Å². The minimum Gasteiger partial charge on any atom is -0.457 e. The monoisotopic (exact) mass is 293 g/mol. The molecule has 0 heterocycles. The molecule has 0 unspecified atom stereocenters. The van der Waals surface area contributed by atoms with Crippen LogP contribution in [-0.2, 0) is 6.61 Å². The summed E-state index contributed by atoms with van der Waals surface area (Å²) in [6, 6.07) is 9.43. The number of hydrogen-bond acceptors (Lipinski definition) is 4. The number of rotatable bonds is 4. The molecule has 0 aliphatic heterocycles. The van der Waals surface area contributed by atoms with E-state index in [4.69, 9.17) is 16.3 Å². The van der Waals surface area contributed by atoms with Crippen LogP contribution in [0.4, 0.5) is 5.69 Å². The third-order valence-corrected chi connectivity index (χ3v) is 3.02. The molecule has 6 heteroatoms. The van der Waals surface area contributed by atoms with Crippen LogP contribution in [0.5, 0.6) is 11.5 Å². The zero-order valence-corrected chi connectivity index (χ0v) is 11.4. The van der Waals surface area contributed by atoms with Gasteiger partial charge in [-0.05, 0) is 42.8 Å². The summed E-state index contributed by atoms with van der Waals surface area (Å²) in [5.41, 5.74) is 0.924. The highest BCUT2D eigenvalue weighted by atomic mass is 35.5. The van der Waals surface area contributed by atoms with Crippen molar-refractivity contribution in [1.29, 1.82) is 0 Å². The van der Waals surface area contributed by atoms with E-state index in [9.17, 15) is 15.2 Å². The van der Waals surface area contributed by atoms with Gasteiger partial charge in [-0.3, -0.25) is 10.1 Å². The highest BCUT2D eigenvalue weighted by Gasteiger charge is 2.14. The Bertz CT molecular complexity index is 658.